The van der Waals surface area contributed by atoms with Crippen LogP contribution in [0.5, 0.6) is 0 Å². The fourth-order valence-electron chi connectivity index (χ4n) is 2.63. The van der Waals surface area contributed by atoms with Gasteiger partial charge in [-0.15, -0.1) is 0 Å². The second-order valence-electron chi connectivity index (χ2n) is 6.49. The van der Waals surface area contributed by atoms with Crippen LogP contribution in [0.1, 0.15) is 72.6 Å². The number of amides is 1. The van der Waals surface area contributed by atoms with Crippen LogP contribution >= 0.6 is 0 Å². The van der Waals surface area contributed by atoms with Gasteiger partial charge in [-0.25, -0.2) is 4.79 Å². The minimum absolute atomic E-state index is 0.267. The quantitative estimate of drug-likeness (QED) is 0.815. The predicted octanol–water partition coefficient (Wildman–Crippen LogP) is 4.26. The molecule has 1 aliphatic carbocycles. The highest BCUT2D eigenvalue weighted by molar-refractivity contribution is 5.68. The number of hydrogen-bond acceptors (Lipinski definition) is 2. The average molecular weight is 255 g/mol. The normalized spacial score (nSPS) is 19.3. The van der Waals surface area contributed by atoms with Gasteiger partial charge in [0.15, 0.2) is 0 Å². The molecule has 18 heavy (non-hydrogen) atoms. The summed E-state index contributed by atoms with van der Waals surface area (Å²) >= 11 is 0. The summed E-state index contributed by atoms with van der Waals surface area (Å²) in [5, 5.41) is 3.01. The summed E-state index contributed by atoms with van der Waals surface area (Å²) in [5.74, 6) is 0.790. The van der Waals surface area contributed by atoms with Gasteiger partial charge in [0.1, 0.15) is 5.60 Å². The first-order chi connectivity index (χ1) is 8.40. The molecule has 0 aromatic carbocycles. The van der Waals surface area contributed by atoms with Crippen LogP contribution in [0, 0.1) is 5.92 Å². The molecular weight excluding hydrogens is 226 g/mol. The van der Waals surface area contributed by atoms with Gasteiger partial charge in [0.05, 0.1) is 0 Å². The van der Waals surface area contributed by atoms with Gasteiger partial charge in [0.2, 0.25) is 0 Å². The summed E-state index contributed by atoms with van der Waals surface area (Å²) in [6.07, 6.45) is 8.56. The number of rotatable bonds is 4. The first-order valence-electron chi connectivity index (χ1n) is 7.40. The van der Waals surface area contributed by atoms with E-state index in [4.69, 9.17) is 4.74 Å². The van der Waals surface area contributed by atoms with E-state index >= 15 is 0 Å². The molecule has 3 heteroatoms. The molecule has 106 valence electrons. The van der Waals surface area contributed by atoms with Crippen molar-refractivity contribution in [2.24, 2.45) is 5.92 Å². The highest BCUT2D eigenvalue weighted by atomic mass is 16.6. The van der Waals surface area contributed by atoms with Gasteiger partial charge < -0.3 is 10.1 Å². The molecule has 1 aliphatic rings. The van der Waals surface area contributed by atoms with Crippen LogP contribution in [0.15, 0.2) is 0 Å². The molecule has 0 bridgehead atoms. The summed E-state index contributed by atoms with van der Waals surface area (Å²) in [6, 6.07) is 0.267. The Bertz CT molecular complexity index is 252. The molecule has 1 N–H and O–H groups in total. The molecule has 0 aromatic rings. The third-order valence-corrected chi connectivity index (χ3v) is 3.56. The van der Waals surface area contributed by atoms with Crippen molar-refractivity contribution in [3.8, 4) is 0 Å². The molecule has 1 rings (SSSR count). The van der Waals surface area contributed by atoms with E-state index in [1.807, 2.05) is 20.8 Å². The summed E-state index contributed by atoms with van der Waals surface area (Å²) < 4.78 is 5.31. The fraction of sp³-hybridized carbons (Fsp3) is 0.933. The van der Waals surface area contributed by atoms with E-state index in [0.717, 1.165) is 18.8 Å². The smallest absolute Gasteiger partial charge is 0.407 e. The second-order valence-corrected chi connectivity index (χ2v) is 6.49. The molecule has 1 saturated carbocycles. The maximum atomic E-state index is 11.7. The molecule has 3 nitrogen and oxygen atoms in total. The van der Waals surface area contributed by atoms with E-state index in [1.165, 1.54) is 32.1 Å². The van der Waals surface area contributed by atoms with Crippen LogP contribution in [0.4, 0.5) is 4.79 Å². The van der Waals surface area contributed by atoms with Gasteiger partial charge in [-0.05, 0) is 39.5 Å². The van der Waals surface area contributed by atoms with Crippen LogP contribution in [-0.4, -0.2) is 17.7 Å². The van der Waals surface area contributed by atoms with Crippen molar-refractivity contribution in [2.45, 2.75) is 84.3 Å². The van der Waals surface area contributed by atoms with Gasteiger partial charge in [0.25, 0.3) is 0 Å². The molecular formula is C15H29NO2. The minimum Gasteiger partial charge on any atom is -0.444 e. The van der Waals surface area contributed by atoms with Crippen LogP contribution in [0.25, 0.3) is 0 Å². The lowest BCUT2D eigenvalue weighted by atomic mass is 9.84. The molecule has 1 unspecified atom stereocenters. The third kappa shape index (κ3) is 6.27. The number of alkyl carbamates (subject to hydrolysis) is 1. The zero-order chi connectivity index (χ0) is 13.6. The van der Waals surface area contributed by atoms with E-state index in [9.17, 15) is 4.79 Å². The van der Waals surface area contributed by atoms with Gasteiger partial charge in [-0.3, -0.25) is 0 Å². The van der Waals surface area contributed by atoms with Crippen molar-refractivity contribution in [1.82, 2.24) is 5.32 Å². The Morgan fingerprint density at radius 1 is 1.28 bits per heavy atom. The average Bonchev–Trinajstić information content (AvgIpc) is 2.27. The Kier molecular flexibility index (Phi) is 5.97. The monoisotopic (exact) mass is 255 g/mol. The third-order valence-electron chi connectivity index (χ3n) is 3.56. The first-order valence-corrected chi connectivity index (χ1v) is 7.40. The molecule has 1 fully saturated rings. The van der Waals surface area contributed by atoms with Gasteiger partial charge in [0, 0.05) is 6.04 Å². The molecule has 0 saturated heterocycles. The number of ether oxygens (including phenoxy) is 1. The van der Waals surface area contributed by atoms with Crippen LogP contribution in [0.2, 0.25) is 0 Å². The SMILES string of the molecule is CCC(CC1CCCCC1)NC(=O)OC(C)(C)C. The highest BCUT2D eigenvalue weighted by Crippen LogP contribution is 2.27. The Morgan fingerprint density at radius 2 is 1.89 bits per heavy atom. The second kappa shape index (κ2) is 7.01. The highest BCUT2D eigenvalue weighted by Gasteiger charge is 2.22. The Morgan fingerprint density at radius 3 is 2.39 bits per heavy atom. The molecule has 1 atom stereocenters. The van der Waals surface area contributed by atoms with Crippen molar-refractivity contribution in [3.05, 3.63) is 0 Å². The minimum atomic E-state index is -0.410. The van der Waals surface area contributed by atoms with E-state index < -0.39 is 5.60 Å². The lowest BCUT2D eigenvalue weighted by molar-refractivity contribution is 0.0493. The number of carbonyl (C=O) groups is 1. The van der Waals surface area contributed by atoms with Gasteiger partial charge in [-0.1, -0.05) is 39.0 Å². The summed E-state index contributed by atoms with van der Waals surface area (Å²) in [5.41, 5.74) is -0.410. The van der Waals surface area contributed by atoms with Crippen molar-refractivity contribution in [3.63, 3.8) is 0 Å². The van der Waals surface area contributed by atoms with Crippen LogP contribution in [-0.2, 0) is 4.74 Å². The molecule has 1 amide bonds. The van der Waals surface area contributed by atoms with E-state index in [-0.39, 0.29) is 12.1 Å². The standard InChI is InChI=1S/C15H29NO2/c1-5-13(11-12-9-7-6-8-10-12)16-14(17)18-15(2,3)4/h12-13H,5-11H2,1-4H3,(H,16,17). The maximum Gasteiger partial charge on any atom is 0.407 e. The van der Waals surface area contributed by atoms with Crippen molar-refractivity contribution in [2.75, 3.05) is 0 Å². The first kappa shape index (κ1) is 15.3. The number of carbonyl (C=O) groups excluding carboxylic acids is 1. The van der Waals surface area contributed by atoms with Crippen molar-refractivity contribution in [1.29, 1.82) is 0 Å². The van der Waals surface area contributed by atoms with E-state index in [0.29, 0.717) is 0 Å². The fourth-order valence-corrected chi connectivity index (χ4v) is 2.63. The van der Waals surface area contributed by atoms with E-state index in [2.05, 4.69) is 12.2 Å². The number of nitrogens with one attached hydrogen (secondary N) is 1. The summed E-state index contributed by atoms with van der Waals surface area (Å²) in [6.45, 7) is 7.82. The number of hydrogen-bond donors (Lipinski definition) is 1. The van der Waals surface area contributed by atoms with Gasteiger partial charge in [-0.2, -0.15) is 0 Å². The molecule has 0 spiro atoms. The molecule has 0 heterocycles. The van der Waals surface area contributed by atoms with Crippen LogP contribution in [0.3, 0.4) is 0 Å². The van der Waals surface area contributed by atoms with Gasteiger partial charge >= 0.3 is 6.09 Å². The summed E-state index contributed by atoms with van der Waals surface area (Å²) in [4.78, 5) is 11.7. The van der Waals surface area contributed by atoms with E-state index in [1.54, 1.807) is 0 Å². The predicted molar refractivity (Wildman–Crippen MR) is 74.6 cm³/mol. The largest absolute Gasteiger partial charge is 0.444 e. The maximum absolute atomic E-state index is 11.7. The zero-order valence-corrected chi connectivity index (χ0v) is 12.4. The molecule has 0 radical (unpaired) electrons. The molecule has 0 aliphatic heterocycles. The zero-order valence-electron chi connectivity index (χ0n) is 12.4. The van der Waals surface area contributed by atoms with Crippen molar-refractivity contribution < 1.29 is 9.53 Å². The Labute approximate surface area is 112 Å². The van der Waals surface area contributed by atoms with Crippen LogP contribution < -0.4 is 5.32 Å². The lowest BCUT2D eigenvalue weighted by Crippen LogP contribution is -2.39. The topological polar surface area (TPSA) is 38.3 Å². The molecule has 0 aromatic heterocycles. The lowest BCUT2D eigenvalue weighted by Gasteiger charge is -2.27. The Balaban J connectivity index is 2.34. The van der Waals surface area contributed by atoms with Crippen molar-refractivity contribution >= 4 is 6.09 Å². The Hall–Kier alpha value is -0.730. The summed E-state index contributed by atoms with van der Waals surface area (Å²) in [7, 11) is 0.